The summed E-state index contributed by atoms with van der Waals surface area (Å²) in [5.41, 5.74) is 3.19. The molecule has 0 unspecified atom stereocenters. The minimum absolute atomic E-state index is 0.353. The number of H-pyrrole nitrogens is 1. The average Bonchev–Trinajstić information content (AvgIpc) is 2.33. The van der Waals surface area contributed by atoms with Crippen molar-refractivity contribution in [2.45, 2.75) is 19.3 Å². The first-order chi connectivity index (χ1) is 8.56. The van der Waals surface area contributed by atoms with Crippen molar-refractivity contribution in [1.29, 1.82) is 0 Å². The molecule has 1 aromatic heterocycles. The van der Waals surface area contributed by atoms with Gasteiger partial charge < -0.3 is 11.1 Å². The molecule has 0 aliphatic rings. The fourth-order valence-electron chi connectivity index (χ4n) is 1.33. The Balaban J connectivity index is 2.60. The number of hydrogen-bond acceptors (Lipinski definition) is 4. The molecular formula is C10H15FN4O3. The lowest BCUT2D eigenvalue weighted by Crippen LogP contribution is -2.40. The molecule has 0 fully saturated rings. The van der Waals surface area contributed by atoms with Crippen molar-refractivity contribution in [1.82, 2.24) is 14.9 Å². The van der Waals surface area contributed by atoms with Crippen molar-refractivity contribution in [3.63, 3.8) is 0 Å². The van der Waals surface area contributed by atoms with E-state index in [1.165, 1.54) is 0 Å². The highest BCUT2D eigenvalue weighted by molar-refractivity contribution is 5.76. The molecule has 0 saturated carbocycles. The Bertz CT molecular complexity index is 523. The lowest BCUT2D eigenvalue weighted by molar-refractivity contribution is 0.240. The van der Waals surface area contributed by atoms with E-state index in [9.17, 15) is 18.8 Å². The molecule has 0 aromatic carbocycles. The van der Waals surface area contributed by atoms with Crippen LogP contribution in [0.25, 0.3) is 0 Å². The van der Waals surface area contributed by atoms with Gasteiger partial charge >= 0.3 is 11.7 Å². The number of nitrogens with zero attached hydrogens (tertiary/aromatic N) is 1. The molecule has 1 heterocycles. The van der Waals surface area contributed by atoms with Crippen molar-refractivity contribution in [3.8, 4) is 0 Å². The van der Waals surface area contributed by atoms with E-state index in [1.54, 1.807) is 4.98 Å². The van der Waals surface area contributed by atoms with Crippen LogP contribution in [0.15, 0.2) is 15.8 Å². The van der Waals surface area contributed by atoms with Crippen LogP contribution in [-0.4, -0.2) is 28.7 Å². The van der Waals surface area contributed by atoms with Gasteiger partial charge in [0.1, 0.15) is 0 Å². The normalized spacial score (nSPS) is 10.3. The first-order valence-corrected chi connectivity index (χ1v) is 5.56. The summed E-state index contributed by atoms with van der Waals surface area (Å²) >= 11 is 0. The number of unbranched alkanes of at least 4 members (excludes halogenated alkanes) is 2. The lowest BCUT2D eigenvalue weighted by atomic mass is 10.2. The molecule has 0 radical (unpaired) electrons. The van der Waals surface area contributed by atoms with Crippen LogP contribution >= 0.6 is 0 Å². The molecule has 8 heteroatoms. The third kappa shape index (κ3) is 3.81. The molecule has 7 nitrogen and oxygen atoms in total. The Morgan fingerprint density at radius 2 is 2.11 bits per heavy atom. The van der Waals surface area contributed by atoms with Gasteiger partial charge in [0.05, 0.1) is 6.20 Å². The molecule has 100 valence electrons. The molecule has 0 saturated heterocycles. The van der Waals surface area contributed by atoms with Gasteiger partial charge in [0.15, 0.2) is 0 Å². The number of rotatable bonds is 5. The van der Waals surface area contributed by atoms with E-state index in [-0.39, 0.29) is 0 Å². The largest absolute Gasteiger partial charge is 0.337 e. The maximum absolute atomic E-state index is 12.9. The van der Waals surface area contributed by atoms with Gasteiger partial charge in [0, 0.05) is 6.54 Å². The molecule has 4 N–H and O–H groups in total. The highest BCUT2D eigenvalue weighted by Crippen LogP contribution is 1.91. The minimum atomic E-state index is -1.19. The average molecular weight is 258 g/mol. The van der Waals surface area contributed by atoms with Crippen LogP contribution in [0, 0.1) is 5.82 Å². The SMILES string of the molecule is NCCCCCNC(=O)n1cc(F)c(=O)[nH]c1=O. The van der Waals surface area contributed by atoms with Gasteiger partial charge in [0.2, 0.25) is 5.82 Å². The van der Waals surface area contributed by atoms with E-state index in [2.05, 4.69) is 5.32 Å². The van der Waals surface area contributed by atoms with Crippen molar-refractivity contribution in [2.24, 2.45) is 5.73 Å². The fourth-order valence-corrected chi connectivity index (χ4v) is 1.33. The zero-order chi connectivity index (χ0) is 13.5. The summed E-state index contributed by atoms with van der Waals surface area (Å²) < 4.78 is 13.4. The number of halogens is 1. The highest BCUT2D eigenvalue weighted by Gasteiger charge is 2.09. The number of amides is 1. The predicted octanol–water partition coefficient (Wildman–Crippen LogP) is -0.638. The molecule has 0 spiro atoms. The summed E-state index contributed by atoms with van der Waals surface area (Å²) in [7, 11) is 0. The third-order valence-corrected chi connectivity index (χ3v) is 2.27. The zero-order valence-corrected chi connectivity index (χ0v) is 9.74. The number of hydrogen-bond donors (Lipinski definition) is 3. The maximum atomic E-state index is 12.9. The van der Waals surface area contributed by atoms with Gasteiger partial charge in [-0.1, -0.05) is 6.42 Å². The van der Waals surface area contributed by atoms with E-state index in [4.69, 9.17) is 5.73 Å². The second kappa shape index (κ2) is 6.70. The van der Waals surface area contributed by atoms with Gasteiger partial charge in [-0.2, -0.15) is 4.39 Å². The van der Waals surface area contributed by atoms with Crippen molar-refractivity contribution in [3.05, 3.63) is 32.9 Å². The molecule has 1 amide bonds. The van der Waals surface area contributed by atoms with Crippen LogP contribution < -0.4 is 22.3 Å². The van der Waals surface area contributed by atoms with Gasteiger partial charge in [0.25, 0.3) is 5.56 Å². The summed E-state index contributed by atoms with van der Waals surface area (Å²) in [5.74, 6) is -1.19. The monoisotopic (exact) mass is 258 g/mol. The van der Waals surface area contributed by atoms with Gasteiger partial charge in [-0.3, -0.25) is 9.78 Å². The van der Waals surface area contributed by atoms with E-state index >= 15 is 0 Å². The molecule has 0 atom stereocenters. The Kier molecular flexibility index (Phi) is 5.25. The van der Waals surface area contributed by atoms with Gasteiger partial charge in [-0.05, 0) is 19.4 Å². The number of nitrogens with two attached hydrogens (primary N) is 1. The van der Waals surface area contributed by atoms with E-state index < -0.39 is 23.1 Å². The molecule has 0 aliphatic carbocycles. The standard InChI is InChI=1S/C10H15FN4O3/c11-7-6-15(10(18)14-8(7)16)9(17)13-5-3-1-2-4-12/h6H,1-5,12H2,(H,13,17)(H,14,16,18). The third-order valence-electron chi connectivity index (χ3n) is 2.27. The lowest BCUT2D eigenvalue weighted by Gasteiger charge is -2.06. The van der Waals surface area contributed by atoms with Gasteiger partial charge in [-0.15, -0.1) is 0 Å². The molecular weight excluding hydrogens is 243 g/mol. The summed E-state index contributed by atoms with van der Waals surface area (Å²) in [6.45, 7) is 0.935. The smallest absolute Gasteiger partial charge is 0.336 e. The van der Waals surface area contributed by atoms with Crippen LogP contribution in [0.5, 0.6) is 0 Å². The van der Waals surface area contributed by atoms with Crippen molar-refractivity contribution >= 4 is 6.03 Å². The van der Waals surface area contributed by atoms with Crippen LogP contribution in [-0.2, 0) is 0 Å². The summed E-state index contributed by atoms with van der Waals surface area (Å²) in [6.07, 6.45) is 2.98. The molecule has 1 aromatic rings. The second-order valence-electron chi connectivity index (χ2n) is 3.69. The van der Waals surface area contributed by atoms with Crippen molar-refractivity contribution in [2.75, 3.05) is 13.1 Å². The highest BCUT2D eigenvalue weighted by atomic mass is 19.1. The Labute approximate surface area is 102 Å². The first-order valence-electron chi connectivity index (χ1n) is 5.56. The number of aromatic nitrogens is 2. The molecule has 18 heavy (non-hydrogen) atoms. The van der Waals surface area contributed by atoms with E-state index in [0.717, 1.165) is 12.8 Å². The Hall–Kier alpha value is -1.96. The number of nitrogens with one attached hydrogen (secondary N) is 2. The van der Waals surface area contributed by atoms with Crippen LogP contribution in [0.3, 0.4) is 0 Å². The van der Waals surface area contributed by atoms with Crippen LogP contribution in [0.2, 0.25) is 0 Å². The first kappa shape index (κ1) is 14.1. The number of aromatic amines is 1. The molecule has 1 rings (SSSR count). The maximum Gasteiger partial charge on any atom is 0.336 e. The van der Waals surface area contributed by atoms with E-state index in [0.29, 0.717) is 30.3 Å². The minimum Gasteiger partial charge on any atom is -0.337 e. The number of carbonyl (C=O) groups excluding carboxylic acids is 1. The van der Waals surface area contributed by atoms with E-state index in [1.807, 2.05) is 0 Å². The summed E-state index contributed by atoms with van der Waals surface area (Å²) in [5, 5.41) is 2.44. The van der Waals surface area contributed by atoms with Gasteiger partial charge in [-0.25, -0.2) is 14.2 Å². The number of carbonyl (C=O) groups is 1. The summed E-state index contributed by atoms with van der Waals surface area (Å²) in [6, 6.07) is -0.775. The zero-order valence-electron chi connectivity index (χ0n) is 9.74. The summed E-state index contributed by atoms with van der Waals surface area (Å²) in [4.78, 5) is 35.2. The second-order valence-corrected chi connectivity index (χ2v) is 3.69. The Morgan fingerprint density at radius 1 is 1.39 bits per heavy atom. The Morgan fingerprint density at radius 3 is 2.78 bits per heavy atom. The predicted molar refractivity (Wildman–Crippen MR) is 63.0 cm³/mol. The quantitative estimate of drug-likeness (QED) is 0.610. The molecule has 0 bridgehead atoms. The fraction of sp³-hybridized carbons (Fsp3) is 0.500. The van der Waals surface area contributed by atoms with Crippen molar-refractivity contribution < 1.29 is 9.18 Å². The molecule has 0 aliphatic heterocycles. The topological polar surface area (TPSA) is 110 Å². The van der Waals surface area contributed by atoms with Crippen LogP contribution in [0.4, 0.5) is 9.18 Å². The van der Waals surface area contributed by atoms with Crippen LogP contribution in [0.1, 0.15) is 19.3 Å².